The van der Waals surface area contributed by atoms with Crippen molar-refractivity contribution in [1.29, 1.82) is 0 Å². The predicted molar refractivity (Wildman–Crippen MR) is 179 cm³/mol. The van der Waals surface area contributed by atoms with E-state index in [2.05, 4.69) is 21.9 Å². The first-order chi connectivity index (χ1) is 24.0. The van der Waals surface area contributed by atoms with E-state index in [0.29, 0.717) is 46.9 Å². The fourth-order valence-corrected chi connectivity index (χ4v) is 5.79. The zero-order chi connectivity index (χ0) is 33.7. The molecule has 1 fully saturated rings. The molecule has 0 bridgehead atoms. The maximum absolute atomic E-state index is 13.2. The number of piperidine rings is 1. The van der Waals surface area contributed by atoms with E-state index in [9.17, 15) is 14.4 Å². The van der Waals surface area contributed by atoms with E-state index in [1.165, 1.54) is 12.4 Å². The quantitative estimate of drug-likeness (QED) is 0.168. The number of anilines is 1. The average Bonchev–Trinajstić information content (AvgIpc) is 3.73. The molecule has 6 aromatic rings. The van der Waals surface area contributed by atoms with Crippen LogP contribution in [0.1, 0.15) is 24.6 Å². The van der Waals surface area contributed by atoms with Crippen molar-refractivity contribution < 1.29 is 27.9 Å². The molecule has 246 valence electrons. The number of benzene rings is 3. The van der Waals surface area contributed by atoms with E-state index in [4.69, 9.17) is 23.4 Å². The molecule has 7 rings (SSSR count). The van der Waals surface area contributed by atoms with Crippen LogP contribution < -0.4 is 15.9 Å². The summed E-state index contributed by atoms with van der Waals surface area (Å²) in [4.78, 5) is 48.2. The second kappa shape index (κ2) is 13.7. The summed E-state index contributed by atoms with van der Waals surface area (Å²) in [5, 5.41) is 8.17. The molecule has 4 heterocycles. The van der Waals surface area contributed by atoms with Gasteiger partial charge in [-0.15, -0.1) is 0 Å². The van der Waals surface area contributed by atoms with Crippen molar-refractivity contribution in [3.63, 3.8) is 0 Å². The van der Waals surface area contributed by atoms with Gasteiger partial charge in [0.25, 0.3) is 0 Å². The summed E-state index contributed by atoms with van der Waals surface area (Å²) in [6.07, 6.45) is 3.31. The number of amides is 2. The maximum atomic E-state index is 13.2. The van der Waals surface area contributed by atoms with Gasteiger partial charge in [0.15, 0.2) is 29.6 Å². The Morgan fingerprint density at radius 1 is 0.939 bits per heavy atom. The number of carbonyl (C=O) groups is 2. The second-order valence-corrected chi connectivity index (χ2v) is 11.2. The molecule has 2 amide bonds. The number of nitrogens with one attached hydrogen (secondary N) is 1. The Morgan fingerprint density at radius 3 is 2.43 bits per heavy atom. The third-order valence-corrected chi connectivity index (χ3v) is 8.06. The Kier molecular flexibility index (Phi) is 8.70. The number of carbonyl (C=O) groups excluding carboxylic acids is 2. The molecule has 49 heavy (non-hydrogen) atoms. The van der Waals surface area contributed by atoms with Crippen molar-refractivity contribution in [3.8, 4) is 34.1 Å². The number of fused-ring (bicyclic) bond motifs is 1. The van der Waals surface area contributed by atoms with Crippen molar-refractivity contribution in [2.75, 3.05) is 18.4 Å². The van der Waals surface area contributed by atoms with Gasteiger partial charge in [0.2, 0.25) is 5.91 Å². The van der Waals surface area contributed by atoms with Crippen LogP contribution in [0, 0.1) is 0 Å². The molecule has 1 saturated heterocycles. The fraction of sp³-hybridized carbons (Fsp3) is 0.167. The lowest BCUT2D eigenvalue weighted by Gasteiger charge is -2.32. The van der Waals surface area contributed by atoms with Gasteiger partial charge >= 0.3 is 11.9 Å². The summed E-state index contributed by atoms with van der Waals surface area (Å²) in [5.74, 6) is 0.646. The van der Waals surface area contributed by atoms with Crippen LogP contribution in [-0.4, -0.2) is 49.7 Å². The lowest BCUT2D eigenvalue weighted by molar-refractivity contribution is -0.127. The molecule has 0 aliphatic carbocycles. The van der Waals surface area contributed by atoms with Crippen molar-refractivity contribution in [2.24, 2.45) is 0 Å². The van der Waals surface area contributed by atoms with E-state index in [1.54, 1.807) is 33.8 Å². The van der Waals surface area contributed by atoms with E-state index in [-0.39, 0.29) is 35.9 Å². The highest BCUT2D eigenvalue weighted by atomic mass is 16.6. The first-order valence-corrected chi connectivity index (χ1v) is 15.6. The number of aromatic nitrogens is 4. The molecule has 0 radical (unpaired) electrons. The van der Waals surface area contributed by atoms with Crippen molar-refractivity contribution in [1.82, 2.24) is 24.6 Å². The molecule has 1 aliphatic heterocycles. The zero-order valence-corrected chi connectivity index (χ0v) is 26.2. The van der Waals surface area contributed by atoms with Gasteiger partial charge in [-0.25, -0.2) is 24.2 Å². The summed E-state index contributed by atoms with van der Waals surface area (Å²) in [6, 6.07) is 25.5. The van der Waals surface area contributed by atoms with Crippen LogP contribution in [0.4, 0.5) is 10.6 Å². The molecule has 13 heteroatoms. The molecule has 0 saturated carbocycles. The van der Waals surface area contributed by atoms with Crippen molar-refractivity contribution >= 4 is 28.9 Å². The highest BCUT2D eigenvalue weighted by molar-refractivity contribution is 6.03. The van der Waals surface area contributed by atoms with Gasteiger partial charge < -0.3 is 23.2 Å². The lowest BCUT2D eigenvalue weighted by atomic mass is 10.1. The van der Waals surface area contributed by atoms with Crippen molar-refractivity contribution in [2.45, 2.75) is 25.5 Å². The van der Waals surface area contributed by atoms with Crippen LogP contribution in [0.25, 0.3) is 33.6 Å². The Hall–Kier alpha value is -6.50. The van der Waals surface area contributed by atoms with Gasteiger partial charge in [0.05, 0.1) is 11.4 Å². The highest BCUT2D eigenvalue weighted by Gasteiger charge is 2.29. The summed E-state index contributed by atoms with van der Waals surface area (Å²) in [7, 11) is 0. The molecule has 3 aromatic carbocycles. The monoisotopic (exact) mass is 658 g/mol. The van der Waals surface area contributed by atoms with Crippen LogP contribution in [0.5, 0.6) is 11.5 Å². The van der Waals surface area contributed by atoms with Crippen LogP contribution >= 0.6 is 0 Å². The second-order valence-electron chi connectivity index (χ2n) is 11.2. The fourth-order valence-electron chi connectivity index (χ4n) is 5.79. The van der Waals surface area contributed by atoms with Gasteiger partial charge in [-0.3, -0.25) is 10.1 Å². The average molecular weight is 659 g/mol. The molecule has 3 aromatic heterocycles. The molecule has 1 aliphatic rings. The first kappa shape index (κ1) is 31.1. The van der Waals surface area contributed by atoms with E-state index in [0.717, 1.165) is 18.4 Å². The topological polar surface area (TPSA) is 155 Å². The van der Waals surface area contributed by atoms with Crippen LogP contribution in [0.3, 0.4) is 0 Å². The molecule has 1 N–H and O–H groups in total. The normalized spacial score (nSPS) is 14.4. The van der Waals surface area contributed by atoms with Crippen LogP contribution in [-0.2, 0) is 16.1 Å². The lowest BCUT2D eigenvalue weighted by Crippen LogP contribution is -2.40. The van der Waals surface area contributed by atoms with Gasteiger partial charge in [0, 0.05) is 24.2 Å². The standard InChI is InChI=1S/C36H30N6O7/c1-2-29(43)41-19-9-12-25(20-41)42-34-30(31(40-42)23-15-17-27(18-16-23)47-26-13-7-4-8-14-26)33(37-22-38-34)39-35(44)46-21-28-32(49-36(45)48-28)24-10-5-3-6-11-24/h2-8,10-11,13-18,22,25H,1,9,12,19-21H2,(H,37,38,39,44)/t25-/m1/s1. The smallest absolute Gasteiger partial charge is 0.457 e. The van der Waals surface area contributed by atoms with Crippen molar-refractivity contribution in [3.05, 3.63) is 120 Å². The predicted octanol–water partition coefficient (Wildman–Crippen LogP) is 6.60. The number of ether oxygens (including phenoxy) is 2. The number of hydrogen-bond acceptors (Lipinski definition) is 10. The SMILES string of the molecule is C=CC(=O)N1CCC[C@@H](n2nc(-c3ccc(Oc4ccccc4)cc3)c3c(NC(=O)OCc4oc(=O)oc4-c4ccccc4)ncnc32)C1. The largest absolute Gasteiger partial charge is 0.519 e. The van der Waals surface area contributed by atoms with Crippen LogP contribution in [0.15, 0.2) is 118 Å². The summed E-state index contributed by atoms with van der Waals surface area (Å²) < 4.78 is 23.6. The van der Waals surface area contributed by atoms with Gasteiger partial charge in [-0.05, 0) is 55.3 Å². The Morgan fingerprint density at radius 2 is 1.67 bits per heavy atom. The third kappa shape index (κ3) is 6.67. The number of hydrogen-bond donors (Lipinski definition) is 1. The molecule has 0 spiro atoms. The minimum atomic E-state index is -0.913. The molecule has 0 unspecified atom stereocenters. The highest BCUT2D eigenvalue weighted by Crippen LogP contribution is 2.36. The molecular weight excluding hydrogens is 628 g/mol. The minimum Gasteiger partial charge on any atom is -0.457 e. The van der Waals surface area contributed by atoms with E-state index in [1.807, 2.05) is 60.7 Å². The van der Waals surface area contributed by atoms with E-state index < -0.39 is 11.9 Å². The zero-order valence-electron chi connectivity index (χ0n) is 26.2. The Bertz CT molecular complexity index is 2180. The van der Waals surface area contributed by atoms with Gasteiger partial charge in [0.1, 0.15) is 23.5 Å². The Labute approximate surface area is 279 Å². The molecule has 1 atom stereocenters. The molecule has 13 nitrogen and oxygen atoms in total. The minimum absolute atomic E-state index is 0.0569. The summed E-state index contributed by atoms with van der Waals surface area (Å²) in [6.45, 7) is 4.29. The number of nitrogens with zero attached hydrogens (tertiary/aromatic N) is 5. The summed E-state index contributed by atoms with van der Waals surface area (Å²) in [5.41, 5.74) is 2.29. The molecular formula is C36H30N6O7. The first-order valence-electron chi connectivity index (χ1n) is 15.6. The Balaban J connectivity index is 1.20. The number of likely N-dealkylation sites (tertiary alicyclic amines) is 1. The number of para-hydroxylation sites is 1. The number of rotatable bonds is 9. The van der Waals surface area contributed by atoms with Gasteiger partial charge in [-0.2, -0.15) is 5.10 Å². The van der Waals surface area contributed by atoms with Crippen LogP contribution in [0.2, 0.25) is 0 Å². The van der Waals surface area contributed by atoms with E-state index >= 15 is 0 Å². The third-order valence-electron chi connectivity index (χ3n) is 8.06. The maximum Gasteiger partial charge on any atom is 0.519 e. The van der Waals surface area contributed by atoms with Gasteiger partial charge in [-0.1, -0.05) is 55.1 Å². The summed E-state index contributed by atoms with van der Waals surface area (Å²) >= 11 is 0.